The third-order valence-electron chi connectivity index (χ3n) is 3.53. The van der Waals surface area contributed by atoms with Crippen molar-refractivity contribution in [3.8, 4) is 5.75 Å². The van der Waals surface area contributed by atoms with E-state index >= 15 is 0 Å². The van der Waals surface area contributed by atoms with E-state index < -0.39 is 11.6 Å². The van der Waals surface area contributed by atoms with Crippen LogP contribution in [0.3, 0.4) is 0 Å². The van der Waals surface area contributed by atoms with Gasteiger partial charge in [-0.2, -0.15) is 0 Å². The number of rotatable bonds is 4. The Morgan fingerprint density at radius 2 is 2.04 bits per heavy atom. The molecule has 3 rings (SSSR count). The molecule has 124 valence electrons. The van der Waals surface area contributed by atoms with E-state index in [1.807, 2.05) is 13.0 Å². The van der Waals surface area contributed by atoms with E-state index in [9.17, 15) is 13.6 Å². The van der Waals surface area contributed by atoms with Gasteiger partial charge in [-0.25, -0.2) is 13.8 Å². The van der Waals surface area contributed by atoms with Gasteiger partial charge in [-0.15, -0.1) is 0 Å². The summed E-state index contributed by atoms with van der Waals surface area (Å²) in [4.78, 5) is 16.5. The summed E-state index contributed by atoms with van der Waals surface area (Å²) in [6.45, 7) is 2.00. The summed E-state index contributed by atoms with van der Waals surface area (Å²) in [5.74, 6) is -1.62. The van der Waals surface area contributed by atoms with Gasteiger partial charge in [0.1, 0.15) is 11.5 Å². The van der Waals surface area contributed by atoms with Crippen LogP contribution in [0, 0.1) is 18.6 Å². The molecule has 0 bridgehead atoms. The van der Waals surface area contributed by atoms with E-state index in [-0.39, 0.29) is 23.5 Å². The number of hydrogen-bond donors (Lipinski definition) is 1. The van der Waals surface area contributed by atoms with Gasteiger partial charge in [-0.1, -0.05) is 6.07 Å². The molecule has 7 heteroatoms. The van der Waals surface area contributed by atoms with Gasteiger partial charge in [0.15, 0.2) is 11.6 Å². The van der Waals surface area contributed by atoms with Crippen molar-refractivity contribution in [1.29, 1.82) is 0 Å². The Hall–Kier alpha value is -2.96. The Kier molecular flexibility index (Phi) is 4.16. The minimum Gasteiger partial charge on any atom is -0.492 e. The standard InChI is InChI=1S/C17H15F2N3O2/c1-10-3-4-15-21-12(7-16(23)22(15)9-10)8-20-14-6-11(18)5-13(19)17(14)24-2/h3-7,9,20H,8H2,1-2H3. The fourth-order valence-electron chi connectivity index (χ4n) is 2.43. The first-order valence-corrected chi connectivity index (χ1v) is 7.24. The van der Waals surface area contributed by atoms with Gasteiger partial charge in [0.2, 0.25) is 0 Å². The number of aryl methyl sites for hydroxylation is 1. The quantitative estimate of drug-likeness (QED) is 0.799. The van der Waals surface area contributed by atoms with Crippen LogP contribution < -0.4 is 15.6 Å². The molecule has 0 radical (unpaired) electrons. The number of nitrogens with zero attached hydrogens (tertiary/aromatic N) is 2. The number of pyridine rings is 1. The molecule has 0 amide bonds. The zero-order valence-electron chi connectivity index (χ0n) is 13.1. The SMILES string of the molecule is COc1c(F)cc(F)cc1NCc1cc(=O)n2cc(C)ccc2n1. The fourth-order valence-corrected chi connectivity index (χ4v) is 2.43. The molecule has 0 unspecified atom stereocenters. The van der Waals surface area contributed by atoms with Crippen LogP contribution in [0.4, 0.5) is 14.5 Å². The molecule has 1 N–H and O–H groups in total. The van der Waals surface area contributed by atoms with Crippen LogP contribution in [0.1, 0.15) is 11.3 Å². The number of anilines is 1. The minimum absolute atomic E-state index is 0.0930. The van der Waals surface area contributed by atoms with Crippen LogP contribution in [0.2, 0.25) is 0 Å². The van der Waals surface area contributed by atoms with Gasteiger partial charge in [-0.3, -0.25) is 9.20 Å². The number of benzene rings is 1. The number of nitrogens with one attached hydrogen (secondary N) is 1. The summed E-state index contributed by atoms with van der Waals surface area (Å²) < 4.78 is 33.4. The number of halogens is 2. The molecule has 0 aliphatic heterocycles. The van der Waals surface area contributed by atoms with Gasteiger partial charge in [0, 0.05) is 24.4 Å². The van der Waals surface area contributed by atoms with E-state index in [0.717, 1.165) is 17.7 Å². The molecular formula is C17H15F2N3O2. The highest BCUT2D eigenvalue weighted by Crippen LogP contribution is 2.29. The molecule has 0 fully saturated rings. The second-order valence-electron chi connectivity index (χ2n) is 5.34. The lowest BCUT2D eigenvalue weighted by molar-refractivity contribution is 0.386. The summed E-state index contributed by atoms with van der Waals surface area (Å²) in [5, 5.41) is 2.85. The average Bonchev–Trinajstić information content (AvgIpc) is 2.53. The Bertz CT molecular complexity index is 970. The first-order chi connectivity index (χ1) is 11.5. The van der Waals surface area contributed by atoms with Gasteiger partial charge >= 0.3 is 0 Å². The summed E-state index contributed by atoms with van der Waals surface area (Å²) >= 11 is 0. The Balaban J connectivity index is 1.92. The van der Waals surface area contributed by atoms with Crippen molar-refractivity contribution in [3.05, 3.63) is 69.8 Å². The van der Waals surface area contributed by atoms with Crippen LogP contribution in [0.25, 0.3) is 5.65 Å². The molecule has 0 saturated heterocycles. The number of aromatic nitrogens is 2. The predicted molar refractivity (Wildman–Crippen MR) is 86.4 cm³/mol. The van der Waals surface area contributed by atoms with Crippen molar-refractivity contribution in [3.63, 3.8) is 0 Å². The van der Waals surface area contributed by atoms with Gasteiger partial charge in [0.25, 0.3) is 5.56 Å². The maximum Gasteiger partial charge on any atom is 0.258 e. The van der Waals surface area contributed by atoms with Crippen LogP contribution in [-0.2, 0) is 6.54 Å². The van der Waals surface area contributed by atoms with Crippen molar-refractivity contribution in [2.75, 3.05) is 12.4 Å². The molecule has 2 aromatic heterocycles. The summed E-state index contributed by atoms with van der Waals surface area (Å²) in [6, 6.07) is 6.83. The van der Waals surface area contributed by atoms with Crippen LogP contribution in [-0.4, -0.2) is 16.5 Å². The second kappa shape index (κ2) is 6.27. The molecule has 2 heterocycles. The van der Waals surface area contributed by atoms with Crippen LogP contribution >= 0.6 is 0 Å². The predicted octanol–water partition coefficient (Wildman–Crippen LogP) is 2.90. The van der Waals surface area contributed by atoms with Crippen LogP contribution in [0.15, 0.2) is 41.3 Å². The summed E-state index contributed by atoms with van der Waals surface area (Å²) in [5.41, 5.74) is 1.83. The fraction of sp³-hybridized carbons (Fsp3) is 0.176. The van der Waals surface area contributed by atoms with E-state index in [1.165, 1.54) is 17.6 Å². The smallest absolute Gasteiger partial charge is 0.258 e. The van der Waals surface area contributed by atoms with E-state index in [4.69, 9.17) is 4.74 Å². The third kappa shape index (κ3) is 3.05. The van der Waals surface area contributed by atoms with Crippen LogP contribution in [0.5, 0.6) is 5.75 Å². The molecule has 0 aliphatic rings. The molecule has 5 nitrogen and oxygen atoms in total. The van der Waals surface area contributed by atoms with Crippen molar-refractivity contribution >= 4 is 11.3 Å². The largest absolute Gasteiger partial charge is 0.492 e. The number of methoxy groups -OCH3 is 1. The monoisotopic (exact) mass is 331 g/mol. The molecule has 0 aliphatic carbocycles. The maximum atomic E-state index is 13.7. The third-order valence-corrected chi connectivity index (χ3v) is 3.53. The topological polar surface area (TPSA) is 55.6 Å². The average molecular weight is 331 g/mol. The number of ether oxygens (including phenoxy) is 1. The summed E-state index contributed by atoms with van der Waals surface area (Å²) in [6.07, 6.45) is 1.70. The molecule has 0 atom stereocenters. The first-order valence-electron chi connectivity index (χ1n) is 7.24. The Labute approximate surface area is 136 Å². The highest BCUT2D eigenvalue weighted by Gasteiger charge is 2.12. The molecule has 24 heavy (non-hydrogen) atoms. The number of fused-ring (bicyclic) bond motifs is 1. The van der Waals surface area contributed by atoms with Gasteiger partial charge in [0.05, 0.1) is 25.0 Å². The van der Waals surface area contributed by atoms with E-state index in [1.54, 1.807) is 12.3 Å². The molecule has 0 spiro atoms. The van der Waals surface area contributed by atoms with Crippen molar-refractivity contribution in [2.45, 2.75) is 13.5 Å². The Morgan fingerprint density at radius 1 is 1.25 bits per heavy atom. The highest BCUT2D eigenvalue weighted by molar-refractivity contribution is 5.57. The lowest BCUT2D eigenvalue weighted by Gasteiger charge is -2.12. The number of hydrogen-bond acceptors (Lipinski definition) is 4. The van der Waals surface area contributed by atoms with Crippen molar-refractivity contribution in [2.24, 2.45) is 0 Å². The highest BCUT2D eigenvalue weighted by atomic mass is 19.1. The van der Waals surface area contributed by atoms with Gasteiger partial charge in [-0.05, 0) is 18.6 Å². The molecule has 3 aromatic rings. The minimum atomic E-state index is -0.804. The normalized spacial score (nSPS) is 10.8. The molecule has 0 saturated carbocycles. The summed E-state index contributed by atoms with van der Waals surface area (Å²) in [7, 11) is 1.30. The second-order valence-corrected chi connectivity index (χ2v) is 5.34. The molecular weight excluding hydrogens is 316 g/mol. The Morgan fingerprint density at radius 3 is 2.79 bits per heavy atom. The first kappa shape index (κ1) is 15.9. The molecule has 1 aromatic carbocycles. The van der Waals surface area contributed by atoms with Gasteiger partial charge < -0.3 is 10.1 Å². The van der Waals surface area contributed by atoms with E-state index in [2.05, 4.69) is 10.3 Å². The van der Waals surface area contributed by atoms with Crippen molar-refractivity contribution in [1.82, 2.24) is 9.38 Å². The lowest BCUT2D eigenvalue weighted by Crippen LogP contribution is -2.17. The zero-order valence-corrected chi connectivity index (χ0v) is 13.1. The lowest BCUT2D eigenvalue weighted by atomic mass is 10.2. The maximum absolute atomic E-state index is 13.7. The van der Waals surface area contributed by atoms with E-state index in [0.29, 0.717) is 11.3 Å². The zero-order chi connectivity index (χ0) is 17.3. The van der Waals surface area contributed by atoms with Crippen molar-refractivity contribution < 1.29 is 13.5 Å².